The molecular formula is C19H24N10S. The van der Waals surface area contributed by atoms with E-state index in [9.17, 15) is 0 Å². The molecule has 4 aromatic rings. The monoisotopic (exact) mass is 424 g/mol. The van der Waals surface area contributed by atoms with Crippen LogP contribution in [-0.4, -0.2) is 50.6 Å². The molecule has 156 valence electrons. The summed E-state index contributed by atoms with van der Waals surface area (Å²) in [5, 5.41) is 26.2. The van der Waals surface area contributed by atoms with Gasteiger partial charge in [-0.05, 0) is 38.0 Å². The van der Waals surface area contributed by atoms with E-state index in [1.165, 1.54) is 4.68 Å². The second-order valence-corrected chi connectivity index (χ2v) is 8.04. The molecule has 3 aromatic heterocycles. The Labute approximate surface area is 178 Å². The second kappa shape index (κ2) is 9.08. The minimum Gasteiger partial charge on any atom is -0.334 e. The van der Waals surface area contributed by atoms with Crippen LogP contribution in [0.1, 0.15) is 30.7 Å². The molecule has 1 aromatic carbocycles. The van der Waals surface area contributed by atoms with Gasteiger partial charge in [0.1, 0.15) is 0 Å². The quantitative estimate of drug-likeness (QED) is 0.247. The summed E-state index contributed by atoms with van der Waals surface area (Å²) in [6.45, 7) is 4.65. The van der Waals surface area contributed by atoms with E-state index in [1.807, 2.05) is 50.2 Å². The molecule has 2 N–H and O–H groups in total. The minimum atomic E-state index is 0.523. The van der Waals surface area contributed by atoms with Crippen molar-refractivity contribution in [3.8, 4) is 17.3 Å². The normalized spacial score (nSPS) is 11.3. The zero-order valence-corrected chi connectivity index (χ0v) is 17.8. The van der Waals surface area contributed by atoms with Crippen molar-refractivity contribution in [2.75, 3.05) is 11.6 Å². The average molecular weight is 425 g/mol. The van der Waals surface area contributed by atoms with Gasteiger partial charge >= 0.3 is 0 Å². The molecule has 0 amide bonds. The molecule has 0 aliphatic carbocycles. The summed E-state index contributed by atoms with van der Waals surface area (Å²) in [6, 6.07) is 11.9. The Kier molecular flexibility index (Phi) is 6.07. The summed E-state index contributed by atoms with van der Waals surface area (Å²) in [6.07, 6.45) is 3.07. The van der Waals surface area contributed by atoms with Crippen molar-refractivity contribution >= 4 is 11.8 Å². The molecule has 3 heterocycles. The number of rotatable bonds is 9. The van der Waals surface area contributed by atoms with Crippen molar-refractivity contribution in [3.05, 3.63) is 47.8 Å². The molecule has 0 saturated carbocycles. The van der Waals surface area contributed by atoms with Gasteiger partial charge in [-0.3, -0.25) is 0 Å². The number of aryl methyl sites for hydroxylation is 3. The fourth-order valence-electron chi connectivity index (χ4n) is 3.08. The number of nitrogens with zero attached hydrogens (tertiary/aromatic N) is 9. The topological polar surface area (TPSA) is 118 Å². The van der Waals surface area contributed by atoms with E-state index in [0.717, 1.165) is 48.5 Å². The molecule has 0 radical (unpaired) electrons. The number of tetrazole rings is 1. The zero-order chi connectivity index (χ0) is 20.9. The lowest BCUT2D eigenvalue weighted by Crippen LogP contribution is -2.17. The number of nitrogen functional groups attached to an aromatic ring is 1. The molecule has 30 heavy (non-hydrogen) atoms. The lowest BCUT2D eigenvalue weighted by atomic mass is 10.2. The van der Waals surface area contributed by atoms with Crippen molar-refractivity contribution in [1.29, 1.82) is 0 Å². The van der Waals surface area contributed by atoms with E-state index in [2.05, 4.69) is 30.7 Å². The average Bonchev–Trinajstić information content (AvgIpc) is 3.45. The van der Waals surface area contributed by atoms with Crippen molar-refractivity contribution < 1.29 is 0 Å². The molecule has 0 saturated heterocycles. The first-order valence-corrected chi connectivity index (χ1v) is 10.8. The van der Waals surface area contributed by atoms with Gasteiger partial charge in [-0.25, -0.2) is 9.36 Å². The fraction of sp³-hybridized carbons (Fsp3) is 0.368. The molecule has 0 bridgehead atoms. The number of unbranched alkanes of at least 4 members (excludes halogenated alkanes) is 2. The van der Waals surface area contributed by atoms with Crippen molar-refractivity contribution in [2.24, 2.45) is 0 Å². The van der Waals surface area contributed by atoms with Crippen LogP contribution in [0.5, 0.6) is 0 Å². The van der Waals surface area contributed by atoms with Gasteiger partial charge < -0.3 is 5.84 Å². The molecule has 0 fully saturated rings. The first-order valence-electron chi connectivity index (χ1n) is 9.82. The van der Waals surface area contributed by atoms with Gasteiger partial charge in [0.2, 0.25) is 11.0 Å². The number of benzene rings is 1. The largest absolute Gasteiger partial charge is 0.334 e. The van der Waals surface area contributed by atoms with E-state index >= 15 is 0 Å². The van der Waals surface area contributed by atoms with Crippen molar-refractivity contribution in [3.63, 3.8) is 0 Å². The molecule has 11 heteroatoms. The van der Waals surface area contributed by atoms with Gasteiger partial charge in [0, 0.05) is 17.0 Å². The van der Waals surface area contributed by atoms with Crippen LogP contribution in [0, 0.1) is 13.8 Å². The van der Waals surface area contributed by atoms with Crippen LogP contribution in [0.25, 0.3) is 17.3 Å². The van der Waals surface area contributed by atoms with E-state index in [4.69, 9.17) is 5.84 Å². The standard InChI is InChI=1S/C19H24N10S/c1-14-13-15(2)29(24-14)18-22-23-19(28(18)20)30-12-8-4-7-11-27-25-17(21-26-27)16-9-5-3-6-10-16/h3,5-6,9-10,13H,4,7-8,11-12,20H2,1-2H3. The number of nitrogens with two attached hydrogens (primary N) is 1. The maximum absolute atomic E-state index is 6.16. The van der Waals surface area contributed by atoms with Gasteiger partial charge in [-0.15, -0.1) is 20.4 Å². The molecular weight excluding hydrogens is 400 g/mol. The van der Waals surface area contributed by atoms with Crippen LogP contribution in [0.2, 0.25) is 0 Å². The number of hydrogen-bond acceptors (Lipinski definition) is 8. The van der Waals surface area contributed by atoms with Crippen LogP contribution < -0.4 is 5.84 Å². The highest BCUT2D eigenvalue weighted by atomic mass is 32.2. The SMILES string of the molecule is Cc1cc(C)n(-c2nnc(SCCCCCn3nnc(-c4ccccc4)n3)n2N)n1. The highest BCUT2D eigenvalue weighted by Gasteiger charge is 2.14. The van der Waals surface area contributed by atoms with Gasteiger partial charge in [0.15, 0.2) is 0 Å². The lowest BCUT2D eigenvalue weighted by molar-refractivity contribution is 0.487. The van der Waals surface area contributed by atoms with Crippen LogP contribution in [-0.2, 0) is 6.54 Å². The van der Waals surface area contributed by atoms with E-state index in [1.54, 1.807) is 21.2 Å². The fourth-order valence-corrected chi connectivity index (χ4v) is 3.93. The molecule has 0 spiro atoms. The summed E-state index contributed by atoms with van der Waals surface area (Å²) in [5.74, 6) is 8.25. The minimum absolute atomic E-state index is 0.523. The summed E-state index contributed by atoms with van der Waals surface area (Å²) in [5.41, 5.74) is 2.87. The number of aromatic nitrogens is 9. The van der Waals surface area contributed by atoms with Crippen LogP contribution in [0.15, 0.2) is 41.6 Å². The molecule has 0 unspecified atom stereocenters. The van der Waals surface area contributed by atoms with E-state index in [-0.39, 0.29) is 0 Å². The predicted octanol–water partition coefficient (Wildman–Crippen LogP) is 2.41. The Morgan fingerprint density at radius 2 is 1.80 bits per heavy atom. The van der Waals surface area contributed by atoms with Crippen LogP contribution in [0.4, 0.5) is 0 Å². The smallest absolute Gasteiger partial charge is 0.271 e. The summed E-state index contributed by atoms with van der Waals surface area (Å²) in [7, 11) is 0. The summed E-state index contributed by atoms with van der Waals surface area (Å²) in [4.78, 5) is 1.66. The first kappa shape index (κ1) is 20.1. The van der Waals surface area contributed by atoms with Crippen LogP contribution >= 0.6 is 11.8 Å². The molecule has 4 rings (SSSR count). The van der Waals surface area contributed by atoms with E-state index < -0.39 is 0 Å². The molecule has 10 nitrogen and oxygen atoms in total. The Bertz CT molecular complexity index is 1100. The van der Waals surface area contributed by atoms with Gasteiger partial charge in [0.25, 0.3) is 5.95 Å². The third-order valence-corrected chi connectivity index (χ3v) is 5.59. The summed E-state index contributed by atoms with van der Waals surface area (Å²) >= 11 is 1.60. The van der Waals surface area contributed by atoms with Crippen molar-refractivity contribution in [2.45, 2.75) is 44.8 Å². The Balaban J connectivity index is 1.21. The maximum Gasteiger partial charge on any atom is 0.271 e. The highest BCUT2D eigenvalue weighted by molar-refractivity contribution is 7.99. The Morgan fingerprint density at radius 3 is 2.57 bits per heavy atom. The number of hydrogen-bond donors (Lipinski definition) is 1. The van der Waals surface area contributed by atoms with E-state index in [0.29, 0.717) is 16.9 Å². The van der Waals surface area contributed by atoms with Crippen molar-refractivity contribution in [1.82, 2.24) is 44.9 Å². The zero-order valence-electron chi connectivity index (χ0n) is 17.0. The Hall–Kier alpha value is -3.21. The lowest BCUT2D eigenvalue weighted by Gasteiger charge is -2.05. The molecule has 0 aliphatic heterocycles. The predicted molar refractivity (Wildman–Crippen MR) is 115 cm³/mol. The highest BCUT2D eigenvalue weighted by Crippen LogP contribution is 2.19. The number of thioether (sulfide) groups is 1. The Morgan fingerprint density at radius 1 is 0.967 bits per heavy atom. The molecule has 0 atom stereocenters. The maximum atomic E-state index is 6.16. The van der Waals surface area contributed by atoms with Crippen LogP contribution in [0.3, 0.4) is 0 Å². The van der Waals surface area contributed by atoms with Gasteiger partial charge in [-0.2, -0.15) is 9.90 Å². The third-order valence-electron chi connectivity index (χ3n) is 4.56. The van der Waals surface area contributed by atoms with Gasteiger partial charge in [0.05, 0.1) is 12.2 Å². The third kappa shape index (κ3) is 4.51. The van der Waals surface area contributed by atoms with Gasteiger partial charge in [-0.1, -0.05) is 48.5 Å². The first-order chi connectivity index (χ1) is 14.6. The molecule has 0 aliphatic rings. The second-order valence-electron chi connectivity index (χ2n) is 6.98. The summed E-state index contributed by atoms with van der Waals surface area (Å²) < 4.78 is 3.20.